The fraction of sp³-hybridized carbons (Fsp3) is 0.667. The van der Waals surface area contributed by atoms with Crippen LogP contribution in [0.1, 0.15) is 37.4 Å². The second-order valence-corrected chi connectivity index (χ2v) is 4.83. The average Bonchev–Trinajstić information content (AvgIpc) is 2.91. The predicted octanol–water partition coefficient (Wildman–Crippen LogP) is 2.42. The number of rotatable bonds is 2. The van der Waals surface area contributed by atoms with E-state index in [0.717, 1.165) is 23.5 Å². The third-order valence-electron chi connectivity index (χ3n) is 4.00. The number of nitrogens with one attached hydrogen (secondary N) is 1. The number of aromatic nitrogens is 2. The highest BCUT2D eigenvalue weighted by Gasteiger charge is 2.41. The van der Waals surface area contributed by atoms with E-state index in [1.807, 2.05) is 19.3 Å². The lowest BCUT2D eigenvalue weighted by atomic mass is 9.88. The van der Waals surface area contributed by atoms with Crippen molar-refractivity contribution in [3.8, 4) is 0 Å². The Hall–Kier alpha value is -1.12. The minimum Gasteiger partial charge on any atom is -0.373 e. The van der Waals surface area contributed by atoms with Gasteiger partial charge >= 0.3 is 0 Å². The fourth-order valence-corrected chi connectivity index (χ4v) is 3.25. The molecular formula is C12H17N3. The Morgan fingerprint density at radius 3 is 2.93 bits per heavy atom. The van der Waals surface area contributed by atoms with E-state index >= 15 is 0 Å². The van der Waals surface area contributed by atoms with Crippen LogP contribution in [-0.2, 0) is 0 Å². The molecule has 80 valence electrons. The maximum absolute atomic E-state index is 4.57. The van der Waals surface area contributed by atoms with Crippen molar-refractivity contribution in [3.05, 3.63) is 18.1 Å². The largest absolute Gasteiger partial charge is 0.373 e. The average molecular weight is 203 g/mol. The maximum atomic E-state index is 4.57. The Morgan fingerprint density at radius 2 is 2.27 bits per heavy atom. The lowest BCUT2D eigenvalue weighted by molar-refractivity contribution is 0.405. The number of hydrogen-bond donors (Lipinski definition) is 1. The first kappa shape index (κ1) is 9.13. The van der Waals surface area contributed by atoms with Crippen molar-refractivity contribution >= 4 is 5.82 Å². The molecule has 2 saturated carbocycles. The summed E-state index contributed by atoms with van der Waals surface area (Å²) in [6.45, 7) is 0. The molecule has 0 saturated heterocycles. The van der Waals surface area contributed by atoms with E-state index in [-0.39, 0.29) is 0 Å². The van der Waals surface area contributed by atoms with E-state index in [1.54, 1.807) is 0 Å². The van der Waals surface area contributed by atoms with Gasteiger partial charge in [-0.3, -0.25) is 0 Å². The fourth-order valence-electron chi connectivity index (χ4n) is 3.25. The summed E-state index contributed by atoms with van der Waals surface area (Å²) in [5.41, 5.74) is 0. The molecule has 3 rings (SSSR count). The van der Waals surface area contributed by atoms with Crippen LogP contribution in [0.15, 0.2) is 12.3 Å². The third-order valence-corrected chi connectivity index (χ3v) is 4.00. The highest BCUT2D eigenvalue weighted by molar-refractivity contribution is 5.32. The molecule has 3 nitrogen and oxygen atoms in total. The van der Waals surface area contributed by atoms with Crippen LogP contribution in [0.25, 0.3) is 0 Å². The van der Waals surface area contributed by atoms with Gasteiger partial charge in [-0.2, -0.15) is 0 Å². The van der Waals surface area contributed by atoms with Crippen LogP contribution in [0.3, 0.4) is 0 Å². The van der Waals surface area contributed by atoms with E-state index in [9.17, 15) is 0 Å². The van der Waals surface area contributed by atoms with Crippen LogP contribution >= 0.6 is 0 Å². The summed E-state index contributed by atoms with van der Waals surface area (Å²) in [6.07, 6.45) is 7.44. The van der Waals surface area contributed by atoms with Crippen molar-refractivity contribution in [1.82, 2.24) is 9.97 Å². The molecule has 3 unspecified atom stereocenters. The van der Waals surface area contributed by atoms with E-state index in [0.29, 0.717) is 5.92 Å². The zero-order valence-electron chi connectivity index (χ0n) is 9.11. The first-order valence-corrected chi connectivity index (χ1v) is 5.87. The summed E-state index contributed by atoms with van der Waals surface area (Å²) in [5.74, 6) is 4.47. The highest BCUT2D eigenvalue weighted by Crippen LogP contribution is 2.52. The molecule has 2 fully saturated rings. The van der Waals surface area contributed by atoms with Crippen molar-refractivity contribution in [2.75, 3.05) is 12.4 Å². The molecule has 1 N–H and O–H groups in total. The van der Waals surface area contributed by atoms with Crippen LogP contribution in [-0.4, -0.2) is 17.0 Å². The van der Waals surface area contributed by atoms with Crippen molar-refractivity contribution in [3.63, 3.8) is 0 Å². The van der Waals surface area contributed by atoms with Crippen molar-refractivity contribution < 1.29 is 0 Å². The lowest BCUT2D eigenvalue weighted by Gasteiger charge is -2.20. The quantitative estimate of drug-likeness (QED) is 0.802. The van der Waals surface area contributed by atoms with E-state index in [1.165, 1.54) is 25.7 Å². The summed E-state index contributed by atoms with van der Waals surface area (Å²) >= 11 is 0. The topological polar surface area (TPSA) is 37.8 Å². The second-order valence-electron chi connectivity index (χ2n) is 4.83. The molecule has 2 aliphatic carbocycles. The van der Waals surface area contributed by atoms with Crippen molar-refractivity contribution in [2.24, 2.45) is 11.8 Å². The van der Waals surface area contributed by atoms with Gasteiger partial charge in [-0.05, 0) is 37.2 Å². The molecule has 0 aromatic carbocycles. The third kappa shape index (κ3) is 1.50. The van der Waals surface area contributed by atoms with Gasteiger partial charge in [0.2, 0.25) is 0 Å². The monoisotopic (exact) mass is 203 g/mol. The van der Waals surface area contributed by atoms with E-state index < -0.39 is 0 Å². The van der Waals surface area contributed by atoms with Crippen LogP contribution in [0.5, 0.6) is 0 Å². The van der Waals surface area contributed by atoms with Crippen LogP contribution < -0.4 is 5.32 Å². The van der Waals surface area contributed by atoms with Gasteiger partial charge in [0.15, 0.2) is 0 Å². The molecule has 0 spiro atoms. The summed E-state index contributed by atoms with van der Waals surface area (Å²) in [4.78, 5) is 9.01. The van der Waals surface area contributed by atoms with Crippen LogP contribution in [0.4, 0.5) is 5.82 Å². The van der Waals surface area contributed by atoms with Gasteiger partial charge in [-0.1, -0.05) is 6.42 Å². The molecule has 0 aliphatic heterocycles. The Labute approximate surface area is 90.3 Å². The smallest absolute Gasteiger partial charge is 0.134 e. The molecular weight excluding hydrogens is 186 g/mol. The molecule has 2 bridgehead atoms. The molecule has 1 aromatic rings. The molecule has 0 radical (unpaired) electrons. The van der Waals surface area contributed by atoms with Gasteiger partial charge in [0, 0.05) is 19.2 Å². The van der Waals surface area contributed by atoms with Crippen molar-refractivity contribution in [1.29, 1.82) is 0 Å². The number of hydrogen-bond acceptors (Lipinski definition) is 3. The number of nitrogens with zero attached hydrogens (tertiary/aromatic N) is 2. The molecule has 15 heavy (non-hydrogen) atoms. The maximum Gasteiger partial charge on any atom is 0.134 e. The summed E-state index contributed by atoms with van der Waals surface area (Å²) in [7, 11) is 1.91. The number of anilines is 1. The van der Waals surface area contributed by atoms with E-state index in [4.69, 9.17) is 0 Å². The molecule has 3 heteroatoms. The summed E-state index contributed by atoms with van der Waals surface area (Å²) in [5, 5.41) is 3.08. The Balaban J connectivity index is 1.86. The predicted molar refractivity (Wildman–Crippen MR) is 59.8 cm³/mol. The van der Waals surface area contributed by atoms with Gasteiger partial charge in [-0.25, -0.2) is 9.97 Å². The van der Waals surface area contributed by atoms with Gasteiger partial charge in [-0.15, -0.1) is 0 Å². The van der Waals surface area contributed by atoms with Gasteiger partial charge in [0.1, 0.15) is 11.6 Å². The van der Waals surface area contributed by atoms with Gasteiger partial charge in [0.25, 0.3) is 0 Å². The minimum absolute atomic E-state index is 0.636. The first-order valence-electron chi connectivity index (χ1n) is 5.87. The molecule has 3 atom stereocenters. The second kappa shape index (κ2) is 3.47. The zero-order chi connectivity index (χ0) is 10.3. The molecule has 1 heterocycles. The Kier molecular flexibility index (Phi) is 2.11. The summed E-state index contributed by atoms with van der Waals surface area (Å²) in [6, 6.07) is 1.93. The van der Waals surface area contributed by atoms with Crippen LogP contribution in [0, 0.1) is 11.8 Å². The SMILES string of the molecule is CNc1ccnc(C2CC3CCC2C3)n1. The van der Waals surface area contributed by atoms with E-state index in [2.05, 4.69) is 15.3 Å². The first-order chi connectivity index (χ1) is 7.36. The standard InChI is InChI=1S/C12H17N3/c1-13-11-4-5-14-12(15-11)10-7-8-2-3-9(10)6-8/h4-5,8-10H,2-3,6-7H2,1H3,(H,13,14,15). The lowest BCUT2D eigenvalue weighted by Crippen LogP contribution is -2.12. The Morgan fingerprint density at radius 1 is 1.33 bits per heavy atom. The number of fused-ring (bicyclic) bond motifs is 2. The van der Waals surface area contributed by atoms with Gasteiger partial charge < -0.3 is 5.32 Å². The minimum atomic E-state index is 0.636. The Bertz CT molecular complexity index is 364. The van der Waals surface area contributed by atoms with Crippen LogP contribution in [0.2, 0.25) is 0 Å². The molecule has 0 amide bonds. The normalized spacial score (nSPS) is 33.3. The van der Waals surface area contributed by atoms with Crippen molar-refractivity contribution in [2.45, 2.75) is 31.6 Å². The molecule has 2 aliphatic rings. The highest BCUT2D eigenvalue weighted by atomic mass is 15.0. The van der Waals surface area contributed by atoms with Gasteiger partial charge in [0.05, 0.1) is 0 Å². The molecule has 1 aromatic heterocycles. The summed E-state index contributed by atoms with van der Waals surface area (Å²) < 4.78 is 0. The zero-order valence-corrected chi connectivity index (χ0v) is 9.11.